The van der Waals surface area contributed by atoms with Gasteiger partial charge in [-0.05, 0) is 32.1 Å². The second kappa shape index (κ2) is 6.73. The van der Waals surface area contributed by atoms with Crippen LogP contribution in [0, 0.1) is 0 Å². The summed E-state index contributed by atoms with van der Waals surface area (Å²) in [5.41, 5.74) is 0. The molecule has 0 spiro atoms. The molecule has 0 aromatic heterocycles. The van der Waals surface area contributed by atoms with Crippen molar-refractivity contribution in [1.29, 1.82) is 0 Å². The molecular weight excluding hydrogens is 234 g/mol. The number of ether oxygens (including phenoxy) is 2. The second-order valence-electron chi connectivity index (χ2n) is 4.92. The first-order valence-electron chi connectivity index (χ1n) is 6.81. The number of hydrogen-bond acceptors (Lipinski definition) is 4. The molecule has 5 heteroatoms. The molecule has 2 saturated heterocycles. The molecule has 0 radical (unpaired) electrons. The van der Waals surface area contributed by atoms with Crippen molar-refractivity contribution in [3.8, 4) is 0 Å². The highest BCUT2D eigenvalue weighted by Gasteiger charge is 2.20. The van der Waals surface area contributed by atoms with Crippen molar-refractivity contribution < 1.29 is 19.1 Å². The maximum Gasteiger partial charge on any atom is 0.306 e. The van der Waals surface area contributed by atoms with Crippen molar-refractivity contribution in [2.75, 3.05) is 26.3 Å². The normalized spacial score (nSPS) is 23.3. The molecule has 5 nitrogen and oxygen atoms in total. The largest absolute Gasteiger partial charge is 0.456 e. The standard InChI is InChI=1S/C13H21NO4/c15-12(14-7-1-2-8-14)10-18-13(16)6-5-11-4-3-9-17-11/h11H,1-10H2. The summed E-state index contributed by atoms with van der Waals surface area (Å²) < 4.78 is 10.4. The summed E-state index contributed by atoms with van der Waals surface area (Å²) in [6, 6.07) is 0. The molecule has 2 aliphatic rings. The summed E-state index contributed by atoms with van der Waals surface area (Å²) in [6.07, 6.45) is 5.46. The van der Waals surface area contributed by atoms with Gasteiger partial charge in [-0.1, -0.05) is 0 Å². The van der Waals surface area contributed by atoms with E-state index in [-0.39, 0.29) is 24.6 Å². The SMILES string of the molecule is O=C(CCC1CCCO1)OCC(=O)N1CCCC1. The molecular formula is C13H21NO4. The summed E-state index contributed by atoms with van der Waals surface area (Å²) in [5.74, 6) is -0.365. The Labute approximate surface area is 107 Å². The average Bonchev–Trinajstić information content (AvgIpc) is 3.05. The van der Waals surface area contributed by atoms with Gasteiger partial charge in [-0.25, -0.2) is 0 Å². The van der Waals surface area contributed by atoms with Crippen LogP contribution < -0.4 is 0 Å². The summed E-state index contributed by atoms with van der Waals surface area (Å²) in [5, 5.41) is 0. The zero-order chi connectivity index (χ0) is 12.8. The molecule has 0 saturated carbocycles. The molecule has 102 valence electrons. The van der Waals surface area contributed by atoms with E-state index in [9.17, 15) is 9.59 Å². The molecule has 2 heterocycles. The monoisotopic (exact) mass is 255 g/mol. The third kappa shape index (κ3) is 3.98. The van der Waals surface area contributed by atoms with Crippen LogP contribution in [-0.2, 0) is 19.1 Å². The molecule has 0 aliphatic carbocycles. The lowest BCUT2D eigenvalue weighted by atomic mass is 10.1. The molecule has 0 aromatic carbocycles. The van der Waals surface area contributed by atoms with Gasteiger partial charge in [0, 0.05) is 26.1 Å². The van der Waals surface area contributed by atoms with Gasteiger partial charge in [-0.3, -0.25) is 9.59 Å². The number of carbonyl (C=O) groups excluding carboxylic acids is 2. The van der Waals surface area contributed by atoms with Gasteiger partial charge in [0.1, 0.15) is 0 Å². The number of hydrogen-bond donors (Lipinski definition) is 0. The highest BCUT2D eigenvalue weighted by Crippen LogP contribution is 2.17. The number of likely N-dealkylation sites (tertiary alicyclic amines) is 1. The Morgan fingerprint density at radius 3 is 2.67 bits per heavy atom. The van der Waals surface area contributed by atoms with Crippen molar-refractivity contribution in [2.24, 2.45) is 0 Å². The number of nitrogens with zero attached hydrogens (tertiary/aromatic N) is 1. The van der Waals surface area contributed by atoms with Crippen LogP contribution in [0.15, 0.2) is 0 Å². The van der Waals surface area contributed by atoms with Gasteiger partial charge in [0.05, 0.1) is 6.10 Å². The van der Waals surface area contributed by atoms with Crippen molar-refractivity contribution in [3.63, 3.8) is 0 Å². The minimum absolute atomic E-state index is 0.0713. The molecule has 18 heavy (non-hydrogen) atoms. The lowest BCUT2D eigenvalue weighted by Gasteiger charge is -2.15. The quantitative estimate of drug-likeness (QED) is 0.691. The third-order valence-electron chi connectivity index (χ3n) is 3.51. The highest BCUT2D eigenvalue weighted by atomic mass is 16.5. The fraction of sp³-hybridized carbons (Fsp3) is 0.846. The van der Waals surface area contributed by atoms with E-state index in [1.807, 2.05) is 0 Å². The Morgan fingerprint density at radius 2 is 2.00 bits per heavy atom. The van der Waals surface area contributed by atoms with Crippen LogP contribution in [0.2, 0.25) is 0 Å². The fourth-order valence-electron chi connectivity index (χ4n) is 2.42. The first kappa shape index (κ1) is 13.3. The van der Waals surface area contributed by atoms with Gasteiger partial charge in [0.15, 0.2) is 6.61 Å². The summed E-state index contributed by atoms with van der Waals surface area (Å²) in [4.78, 5) is 24.9. The number of amides is 1. The summed E-state index contributed by atoms with van der Waals surface area (Å²) in [6.45, 7) is 2.29. The predicted molar refractivity (Wildman–Crippen MR) is 65.0 cm³/mol. The van der Waals surface area contributed by atoms with Crippen LogP contribution in [-0.4, -0.2) is 49.2 Å². The van der Waals surface area contributed by atoms with Crippen molar-refractivity contribution in [3.05, 3.63) is 0 Å². The van der Waals surface area contributed by atoms with E-state index < -0.39 is 0 Å². The number of esters is 1. The van der Waals surface area contributed by atoms with Crippen LogP contribution in [0.1, 0.15) is 38.5 Å². The maximum absolute atomic E-state index is 11.6. The molecule has 1 unspecified atom stereocenters. The van der Waals surface area contributed by atoms with Gasteiger partial charge >= 0.3 is 5.97 Å². The Kier molecular flexibility index (Phi) is 4.99. The van der Waals surface area contributed by atoms with Crippen LogP contribution in [0.4, 0.5) is 0 Å². The Bertz CT molecular complexity index is 293. The smallest absolute Gasteiger partial charge is 0.306 e. The molecule has 2 aliphatic heterocycles. The first-order valence-corrected chi connectivity index (χ1v) is 6.81. The lowest BCUT2D eigenvalue weighted by molar-refractivity contribution is -0.152. The van der Waals surface area contributed by atoms with E-state index in [4.69, 9.17) is 9.47 Å². The topological polar surface area (TPSA) is 55.8 Å². The van der Waals surface area contributed by atoms with Crippen molar-refractivity contribution >= 4 is 11.9 Å². The van der Waals surface area contributed by atoms with Crippen LogP contribution >= 0.6 is 0 Å². The Morgan fingerprint density at radius 1 is 1.22 bits per heavy atom. The molecule has 0 aromatic rings. The fourth-order valence-corrected chi connectivity index (χ4v) is 2.42. The van der Waals surface area contributed by atoms with Crippen molar-refractivity contribution in [1.82, 2.24) is 4.90 Å². The molecule has 1 atom stereocenters. The zero-order valence-electron chi connectivity index (χ0n) is 10.7. The average molecular weight is 255 g/mol. The minimum Gasteiger partial charge on any atom is -0.456 e. The molecule has 2 fully saturated rings. The van der Waals surface area contributed by atoms with Gasteiger partial charge in [-0.2, -0.15) is 0 Å². The van der Waals surface area contributed by atoms with Crippen LogP contribution in [0.3, 0.4) is 0 Å². The number of carbonyl (C=O) groups is 2. The number of rotatable bonds is 5. The summed E-state index contributed by atoms with van der Waals surface area (Å²) in [7, 11) is 0. The second-order valence-corrected chi connectivity index (χ2v) is 4.92. The van der Waals surface area contributed by atoms with Gasteiger partial charge in [0.2, 0.25) is 0 Å². The molecule has 0 N–H and O–H groups in total. The predicted octanol–water partition coefficient (Wildman–Crippen LogP) is 1.11. The van der Waals surface area contributed by atoms with E-state index in [1.54, 1.807) is 4.90 Å². The van der Waals surface area contributed by atoms with Crippen molar-refractivity contribution in [2.45, 2.75) is 44.6 Å². The van der Waals surface area contributed by atoms with E-state index in [0.717, 1.165) is 45.4 Å². The third-order valence-corrected chi connectivity index (χ3v) is 3.51. The lowest BCUT2D eigenvalue weighted by Crippen LogP contribution is -2.32. The zero-order valence-corrected chi connectivity index (χ0v) is 10.7. The molecule has 1 amide bonds. The minimum atomic E-state index is -0.293. The maximum atomic E-state index is 11.6. The van der Waals surface area contributed by atoms with Gasteiger partial charge in [0.25, 0.3) is 5.91 Å². The summed E-state index contributed by atoms with van der Waals surface area (Å²) >= 11 is 0. The van der Waals surface area contributed by atoms with Crippen LogP contribution in [0.25, 0.3) is 0 Å². The molecule has 0 bridgehead atoms. The van der Waals surface area contributed by atoms with Gasteiger partial charge < -0.3 is 14.4 Å². The van der Waals surface area contributed by atoms with Gasteiger partial charge in [-0.15, -0.1) is 0 Å². The van der Waals surface area contributed by atoms with Crippen LogP contribution in [0.5, 0.6) is 0 Å². The Balaban J connectivity index is 1.57. The van der Waals surface area contributed by atoms with E-state index in [0.29, 0.717) is 12.8 Å². The highest BCUT2D eigenvalue weighted by molar-refractivity contribution is 5.80. The molecule has 2 rings (SSSR count). The van der Waals surface area contributed by atoms with E-state index in [2.05, 4.69) is 0 Å². The van der Waals surface area contributed by atoms with E-state index >= 15 is 0 Å². The first-order chi connectivity index (χ1) is 8.75. The Hall–Kier alpha value is -1.10. The van der Waals surface area contributed by atoms with E-state index in [1.165, 1.54) is 0 Å².